The van der Waals surface area contributed by atoms with Crippen LogP contribution in [-0.4, -0.2) is 62.0 Å². The van der Waals surface area contributed by atoms with Gasteiger partial charge in [0.05, 0.1) is 6.54 Å². The van der Waals surface area contributed by atoms with Crippen molar-refractivity contribution in [3.8, 4) is 0 Å². The molecule has 2 aliphatic heterocycles. The van der Waals surface area contributed by atoms with Gasteiger partial charge < -0.3 is 15.5 Å². The molecule has 0 aromatic rings. The molecule has 102 valence electrons. The molecule has 0 spiro atoms. The second-order valence-corrected chi connectivity index (χ2v) is 5.03. The molecule has 6 nitrogen and oxygen atoms in total. The highest BCUT2D eigenvalue weighted by Gasteiger charge is 2.26. The Kier molecular flexibility index (Phi) is 4.54. The van der Waals surface area contributed by atoms with E-state index in [1.165, 1.54) is 0 Å². The molecular formula is C12H22N4O2. The molecule has 2 heterocycles. The molecule has 2 atom stereocenters. The summed E-state index contributed by atoms with van der Waals surface area (Å²) in [6, 6.07) is -0.286. The second-order valence-electron chi connectivity index (χ2n) is 5.03. The summed E-state index contributed by atoms with van der Waals surface area (Å²) in [6.07, 6.45) is 1.16. The fourth-order valence-electron chi connectivity index (χ4n) is 2.49. The summed E-state index contributed by atoms with van der Waals surface area (Å²) in [7, 11) is 0. The molecule has 0 bridgehead atoms. The van der Waals surface area contributed by atoms with Crippen LogP contribution in [0.3, 0.4) is 0 Å². The predicted molar refractivity (Wildman–Crippen MR) is 68.0 cm³/mol. The minimum absolute atomic E-state index is 0.00931. The van der Waals surface area contributed by atoms with E-state index in [1.54, 1.807) is 0 Å². The summed E-state index contributed by atoms with van der Waals surface area (Å²) in [5.74, 6) is 0.505. The molecule has 18 heavy (non-hydrogen) atoms. The quantitative estimate of drug-likeness (QED) is 0.573. The van der Waals surface area contributed by atoms with E-state index in [9.17, 15) is 9.59 Å². The number of nitrogens with one attached hydrogen (secondary N) is 3. The Morgan fingerprint density at radius 3 is 3.00 bits per heavy atom. The molecule has 3 N–H and O–H groups in total. The predicted octanol–water partition coefficient (Wildman–Crippen LogP) is -1.47. The fraction of sp³-hybridized carbons (Fsp3) is 0.833. The number of amides is 2. The van der Waals surface area contributed by atoms with Gasteiger partial charge in [0.1, 0.15) is 6.04 Å². The van der Waals surface area contributed by atoms with Gasteiger partial charge in [0.25, 0.3) is 0 Å². The molecule has 0 aromatic heterocycles. The Balaban J connectivity index is 1.67. The first-order chi connectivity index (χ1) is 8.69. The van der Waals surface area contributed by atoms with Gasteiger partial charge in [0, 0.05) is 19.6 Å². The number of carbonyl (C=O) groups excluding carboxylic acids is 2. The molecule has 2 fully saturated rings. The SMILES string of the molecule is CCN1CCC(CNC(=O)C2CNC(=O)CN2)C1. The summed E-state index contributed by atoms with van der Waals surface area (Å²) in [5, 5.41) is 8.59. The Hall–Kier alpha value is -1.14. The number of rotatable bonds is 4. The van der Waals surface area contributed by atoms with E-state index in [2.05, 4.69) is 27.8 Å². The highest BCUT2D eigenvalue weighted by atomic mass is 16.2. The van der Waals surface area contributed by atoms with Crippen molar-refractivity contribution in [2.75, 3.05) is 39.3 Å². The number of likely N-dealkylation sites (tertiary alicyclic amines) is 1. The smallest absolute Gasteiger partial charge is 0.238 e. The number of nitrogens with zero attached hydrogens (tertiary/aromatic N) is 1. The van der Waals surface area contributed by atoms with Crippen LogP contribution in [0.2, 0.25) is 0 Å². The van der Waals surface area contributed by atoms with Crippen molar-refractivity contribution in [3.05, 3.63) is 0 Å². The van der Waals surface area contributed by atoms with Crippen molar-refractivity contribution >= 4 is 11.8 Å². The van der Waals surface area contributed by atoms with Gasteiger partial charge in [-0.25, -0.2) is 0 Å². The molecule has 6 heteroatoms. The molecule has 0 radical (unpaired) electrons. The average Bonchev–Trinajstić information content (AvgIpc) is 2.85. The number of carbonyl (C=O) groups is 2. The minimum Gasteiger partial charge on any atom is -0.354 e. The average molecular weight is 254 g/mol. The van der Waals surface area contributed by atoms with E-state index in [0.717, 1.165) is 32.6 Å². The Morgan fingerprint density at radius 1 is 1.56 bits per heavy atom. The standard InChI is InChI=1S/C12H22N4O2/c1-2-16-4-3-9(8-16)5-15-12(18)10-6-14-11(17)7-13-10/h9-10,13H,2-8H2,1H3,(H,14,17)(H,15,18). The van der Waals surface area contributed by atoms with Crippen molar-refractivity contribution in [2.24, 2.45) is 5.92 Å². The van der Waals surface area contributed by atoms with E-state index in [1.807, 2.05) is 0 Å². The normalized spacial score (nSPS) is 29.1. The molecule has 2 aliphatic rings. The van der Waals surface area contributed by atoms with E-state index < -0.39 is 0 Å². The molecule has 2 amide bonds. The van der Waals surface area contributed by atoms with Crippen LogP contribution < -0.4 is 16.0 Å². The van der Waals surface area contributed by atoms with E-state index in [0.29, 0.717) is 12.5 Å². The van der Waals surface area contributed by atoms with Crippen molar-refractivity contribution in [1.29, 1.82) is 0 Å². The lowest BCUT2D eigenvalue weighted by molar-refractivity contribution is -0.126. The maximum Gasteiger partial charge on any atom is 0.238 e. The second kappa shape index (κ2) is 6.15. The largest absolute Gasteiger partial charge is 0.354 e. The minimum atomic E-state index is -0.286. The first-order valence-corrected chi connectivity index (χ1v) is 6.69. The maximum atomic E-state index is 11.9. The third-order valence-corrected chi connectivity index (χ3v) is 3.71. The molecule has 0 aliphatic carbocycles. The fourth-order valence-corrected chi connectivity index (χ4v) is 2.49. The lowest BCUT2D eigenvalue weighted by atomic mass is 10.1. The van der Waals surface area contributed by atoms with Crippen LogP contribution in [0.15, 0.2) is 0 Å². The first kappa shape index (κ1) is 13.3. The zero-order valence-electron chi connectivity index (χ0n) is 10.9. The van der Waals surface area contributed by atoms with Crippen molar-refractivity contribution < 1.29 is 9.59 Å². The van der Waals surface area contributed by atoms with Crippen LogP contribution in [0.25, 0.3) is 0 Å². The molecule has 2 unspecified atom stereocenters. The lowest BCUT2D eigenvalue weighted by Crippen LogP contribution is -2.58. The Bertz CT molecular complexity index is 311. The molecule has 2 saturated heterocycles. The van der Waals surface area contributed by atoms with Gasteiger partial charge in [0.15, 0.2) is 0 Å². The topological polar surface area (TPSA) is 73.5 Å². The number of hydrogen-bond donors (Lipinski definition) is 3. The van der Waals surface area contributed by atoms with Crippen molar-refractivity contribution in [2.45, 2.75) is 19.4 Å². The maximum absolute atomic E-state index is 11.9. The Labute approximate surface area is 107 Å². The van der Waals surface area contributed by atoms with E-state index in [4.69, 9.17) is 0 Å². The van der Waals surface area contributed by atoms with Gasteiger partial charge in [0.2, 0.25) is 11.8 Å². The van der Waals surface area contributed by atoms with E-state index in [-0.39, 0.29) is 24.4 Å². The Morgan fingerprint density at radius 2 is 2.39 bits per heavy atom. The zero-order valence-corrected chi connectivity index (χ0v) is 10.9. The summed E-state index contributed by atoms with van der Waals surface area (Å²) >= 11 is 0. The zero-order chi connectivity index (χ0) is 13.0. The highest BCUT2D eigenvalue weighted by Crippen LogP contribution is 2.14. The van der Waals surface area contributed by atoms with Crippen molar-refractivity contribution in [1.82, 2.24) is 20.9 Å². The summed E-state index contributed by atoms with van der Waals surface area (Å²) < 4.78 is 0. The molecule has 2 rings (SSSR count). The van der Waals surface area contributed by atoms with Gasteiger partial charge in [-0.2, -0.15) is 0 Å². The number of piperazine rings is 1. The van der Waals surface area contributed by atoms with Crippen LogP contribution in [-0.2, 0) is 9.59 Å². The van der Waals surface area contributed by atoms with Crippen LogP contribution in [0, 0.1) is 5.92 Å². The van der Waals surface area contributed by atoms with Gasteiger partial charge in [-0.05, 0) is 25.4 Å². The van der Waals surface area contributed by atoms with Crippen LogP contribution >= 0.6 is 0 Å². The lowest BCUT2D eigenvalue weighted by Gasteiger charge is -2.23. The molecule has 0 saturated carbocycles. The molecular weight excluding hydrogens is 232 g/mol. The number of hydrogen-bond acceptors (Lipinski definition) is 4. The first-order valence-electron chi connectivity index (χ1n) is 6.69. The third kappa shape index (κ3) is 3.43. The highest BCUT2D eigenvalue weighted by molar-refractivity contribution is 5.86. The van der Waals surface area contributed by atoms with Gasteiger partial charge in [-0.15, -0.1) is 0 Å². The van der Waals surface area contributed by atoms with Crippen molar-refractivity contribution in [3.63, 3.8) is 0 Å². The van der Waals surface area contributed by atoms with Gasteiger partial charge in [-0.1, -0.05) is 6.92 Å². The van der Waals surface area contributed by atoms with Crippen LogP contribution in [0.5, 0.6) is 0 Å². The van der Waals surface area contributed by atoms with E-state index >= 15 is 0 Å². The van der Waals surface area contributed by atoms with Crippen LogP contribution in [0.4, 0.5) is 0 Å². The summed E-state index contributed by atoms with van der Waals surface area (Å²) in [6.45, 7) is 6.81. The van der Waals surface area contributed by atoms with Crippen LogP contribution in [0.1, 0.15) is 13.3 Å². The van der Waals surface area contributed by atoms with Gasteiger partial charge >= 0.3 is 0 Å². The summed E-state index contributed by atoms with van der Waals surface area (Å²) in [5.41, 5.74) is 0. The monoisotopic (exact) mass is 254 g/mol. The third-order valence-electron chi connectivity index (χ3n) is 3.71. The molecule has 0 aromatic carbocycles. The van der Waals surface area contributed by atoms with Gasteiger partial charge in [-0.3, -0.25) is 14.9 Å². The summed E-state index contributed by atoms with van der Waals surface area (Å²) in [4.78, 5) is 25.2.